The number of piperidine rings is 1. The highest BCUT2D eigenvalue weighted by Gasteiger charge is 2.38. The Morgan fingerprint density at radius 2 is 1.80 bits per heavy atom. The van der Waals surface area contributed by atoms with E-state index in [4.69, 9.17) is 9.47 Å². The average molecular weight is 418 g/mol. The molecule has 0 unspecified atom stereocenters. The maximum atomic E-state index is 12.9. The predicted molar refractivity (Wildman–Crippen MR) is 120 cm³/mol. The fraction of sp³-hybridized carbons (Fsp3) is 0.708. The molecule has 1 aromatic carbocycles. The highest BCUT2D eigenvalue weighted by molar-refractivity contribution is 5.69. The number of hydrogen-bond acceptors (Lipinski definition) is 5. The van der Waals surface area contributed by atoms with Gasteiger partial charge in [-0.3, -0.25) is 0 Å². The van der Waals surface area contributed by atoms with Crippen LogP contribution in [-0.4, -0.2) is 67.9 Å². The van der Waals surface area contributed by atoms with Gasteiger partial charge in [0.1, 0.15) is 11.4 Å². The minimum atomic E-state index is -0.485. The van der Waals surface area contributed by atoms with E-state index in [1.807, 2.05) is 37.8 Å². The van der Waals surface area contributed by atoms with Gasteiger partial charge in [0.25, 0.3) is 0 Å². The summed E-state index contributed by atoms with van der Waals surface area (Å²) in [5.74, 6) is 1.53. The molecule has 0 radical (unpaired) electrons. The molecule has 168 valence electrons. The van der Waals surface area contributed by atoms with Crippen molar-refractivity contribution in [1.82, 2.24) is 15.1 Å². The van der Waals surface area contributed by atoms with E-state index >= 15 is 0 Å². The molecule has 0 spiro atoms. The molecule has 3 rings (SSSR count). The van der Waals surface area contributed by atoms with Gasteiger partial charge in [0.15, 0.2) is 0 Å². The summed E-state index contributed by atoms with van der Waals surface area (Å²) in [5.41, 5.74) is 0.714. The fourth-order valence-corrected chi connectivity index (χ4v) is 4.53. The molecule has 2 saturated heterocycles. The lowest BCUT2D eigenvalue weighted by Gasteiger charge is -2.36. The Bertz CT molecular complexity index is 678. The van der Waals surface area contributed by atoms with Crippen LogP contribution in [0.5, 0.6) is 5.75 Å². The Kier molecular flexibility index (Phi) is 7.64. The topological polar surface area (TPSA) is 54.0 Å². The van der Waals surface area contributed by atoms with Crippen molar-refractivity contribution in [3.05, 3.63) is 29.8 Å². The quantitative estimate of drug-likeness (QED) is 0.756. The van der Waals surface area contributed by atoms with E-state index in [2.05, 4.69) is 29.4 Å². The number of hydrogen-bond donors (Lipinski definition) is 1. The fourth-order valence-electron chi connectivity index (χ4n) is 4.53. The van der Waals surface area contributed by atoms with Crippen LogP contribution in [0.4, 0.5) is 4.79 Å². The minimum absolute atomic E-state index is 0.0885. The van der Waals surface area contributed by atoms with Gasteiger partial charge < -0.3 is 24.6 Å². The SMILES string of the molecule is COc1ccc([C@@H](NCC2CCN(C)CC2)[C@H]2CCCN2C(=O)OC(C)(C)C)cc1. The molecule has 2 aliphatic rings. The van der Waals surface area contributed by atoms with Gasteiger partial charge in [-0.15, -0.1) is 0 Å². The molecule has 6 nitrogen and oxygen atoms in total. The standard InChI is InChI=1S/C24H39N3O3/c1-24(2,3)30-23(28)27-14-6-7-21(27)22(19-8-10-20(29-5)11-9-19)25-17-18-12-15-26(4)16-13-18/h8-11,18,21-22,25H,6-7,12-17H2,1-5H3/t21-,22-/m1/s1. The number of ether oxygens (including phenoxy) is 2. The van der Waals surface area contributed by atoms with Crippen molar-refractivity contribution in [2.75, 3.05) is 40.3 Å². The normalized spacial score (nSPS) is 22.2. The Balaban J connectivity index is 1.76. The van der Waals surface area contributed by atoms with Gasteiger partial charge in [0.2, 0.25) is 0 Å². The molecule has 6 heteroatoms. The number of benzene rings is 1. The van der Waals surface area contributed by atoms with Crippen molar-refractivity contribution in [2.45, 2.75) is 64.1 Å². The van der Waals surface area contributed by atoms with Crippen LogP contribution in [0.25, 0.3) is 0 Å². The van der Waals surface area contributed by atoms with Gasteiger partial charge >= 0.3 is 6.09 Å². The first-order chi connectivity index (χ1) is 14.3. The number of nitrogens with one attached hydrogen (secondary N) is 1. The summed E-state index contributed by atoms with van der Waals surface area (Å²) in [4.78, 5) is 17.2. The number of amides is 1. The van der Waals surface area contributed by atoms with Crippen molar-refractivity contribution >= 4 is 6.09 Å². The highest BCUT2D eigenvalue weighted by atomic mass is 16.6. The maximum Gasteiger partial charge on any atom is 0.410 e. The second-order valence-corrected chi connectivity index (χ2v) is 9.79. The van der Waals surface area contributed by atoms with E-state index in [-0.39, 0.29) is 18.2 Å². The number of carbonyl (C=O) groups is 1. The molecule has 2 atom stereocenters. The monoisotopic (exact) mass is 417 g/mol. The molecule has 1 N–H and O–H groups in total. The third kappa shape index (κ3) is 6.11. The van der Waals surface area contributed by atoms with Gasteiger partial charge in [-0.1, -0.05) is 12.1 Å². The average Bonchev–Trinajstić information content (AvgIpc) is 3.18. The van der Waals surface area contributed by atoms with Gasteiger partial charge in [0.05, 0.1) is 19.2 Å². The summed E-state index contributed by atoms with van der Waals surface area (Å²) in [6.45, 7) is 9.82. The van der Waals surface area contributed by atoms with Crippen molar-refractivity contribution in [2.24, 2.45) is 5.92 Å². The van der Waals surface area contributed by atoms with Crippen molar-refractivity contribution in [3.63, 3.8) is 0 Å². The largest absolute Gasteiger partial charge is 0.497 e. The van der Waals surface area contributed by atoms with Crippen LogP contribution in [0.1, 0.15) is 58.1 Å². The minimum Gasteiger partial charge on any atom is -0.497 e. The molecular formula is C24H39N3O3. The zero-order valence-corrected chi connectivity index (χ0v) is 19.3. The molecule has 0 aromatic heterocycles. The van der Waals surface area contributed by atoms with Crippen LogP contribution in [-0.2, 0) is 4.74 Å². The number of nitrogens with zero attached hydrogens (tertiary/aromatic N) is 2. The Morgan fingerprint density at radius 3 is 2.40 bits per heavy atom. The van der Waals surface area contributed by atoms with Crippen LogP contribution in [0, 0.1) is 5.92 Å². The van der Waals surface area contributed by atoms with Gasteiger partial charge in [-0.2, -0.15) is 0 Å². The van der Waals surface area contributed by atoms with E-state index < -0.39 is 5.60 Å². The summed E-state index contributed by atoms with van der Waals surface area (Å²) < 4.78 is 11.1. The van der Waals surface area contributed by atoms with Crippen LogP contribution in [0.3, 0.4) is 0 Å². The number of carbonyl (C=O) groups excluding carboxylic acids is 1. The molecule has 0 bridgehead atoms. The lowest BCUT2D eigenvalue weighted by atomic mass is 9.93. The molecule has 0 saturated carbocycles. The molecule has 2 aliphatic heterocycles. The predicted octanol–water partition coefficient (Wildman–Crippen LogP) is 4.07. The number of likely N-dealkylation sites (tertiary alicyclic amines) is 2. The van der Waals surface area contributed by atoms with Crippen molar-refractivity contribution < 1.29 is 14.3 Å². The zero-order chi connectivity index (χ0) is 21.7. The second-order valence-electron chi connectivity index (χ2n) is 9.79. The molecule has 2 fully saturated rings. The lowest BCUT2D eigenvalue weighted by Crippen LogP contribution is -2.47. The van der Waals surface area contributed by atoms with Crippen LogP contribution in [0.15, 0.2) is 24.3 Å². The molecule has 0 aliphatic carbocycles. The van der Waals surface area contributed by atoms with Gasteiger partial charge in [0, 0.05) is 6.54 Å². The third-order valence-electron chi connectivity index (χ3n) is 6.25. The summed E-state index contributed by atoms with van der Waals surface area (Å²) in [7, 11) is 3.88. The first-order valence-electron chi connectivity index (χ1n) is 11.3. The summed E-state index contributed by atoms with van der Waals surface area (Å²) >= 11 is 0. The Hall–Kier alpha value is -1.79. The number of rotatable bonds is 6. The van der Waals surface area contributed by atoms with E-state index in [0.717, 1.165) is 44.8 Å². The van der Waals surface area contributed by atoms with Crippen molar-refractivity contribution in [3.8, 4) is 5.75 Å². The first kappa shape index (κ1) is 22.9. The van der Waals surface area contributed by atoms with E-state index in [0.29, 0.717) is 5.92 Å². The zero-order valence-electron chi connectivity index (χ0n) is 19.3. The highest BCUT2D eigenvalue weighted by Crippen LogP contribution is 2.32. The molecule has 1 aromatic rings. The van der Waals surface area contributed by atoms with Crippen molar-refractivity contribution in [1.29, 1.82) is 0 Å². The van der Waals surface area contributed by atoms with Crippen LogP contribution < -0.4 is 10.1 Å². The second kappa shape index (κ2) is 10.0. The van der Waals surface area contributed by atoms with E-state index in [1.54, 1.807) is 7.11 Å². The Morgan fingerprint density at radius 1 is 1.13 bits per heavy atom. The number of methoxy groups -OCH3 is 1. The molecule has 1 amide bonds. The summed E-state index contributed by atoms with van der Waals surface area (Å²) in [5, 5.41) is 3.84. The summed E-state index contributed by atoms with van der Waals surface area (Å²) in [6.07, 6.45) is 4.23. The smallest absolute Gasteiger partial charge is 0.410 e. The molecular weight excluding hydrogens is 378 g/mol. The molecule has 30 heavy (non-hydrogen) atoms. The van der Waals surface area contributed by atoms with E-state index in [9.17, 15) is 4.79 Å². The van der Waals surface area contributed by atoms with Gasteiger partial charge in [-0.05, 0) is 96.8 Å². The lowest BCUT2D eigenvalue weighted by molar-refractivity contribution is 0.0192. The Labute approximate surface area is 181 Å². The summed E-state index contributed by atoms with van der Waals surface area (Å²) in [6, 6.07) is 8.44. The van der Waals surface area contributed by atoms with Crippen LogP contribution in [0.2, 0.25) is 0 Å². The van der Waals surface area contributed by atoms with E-state index in [1.165, 1.54) is 18.4 Å². The first-order valence-corrected chi connectivity index (χ1v) is 11.3. The van der Waals surface area contributed by atoms with Crippen LogP contribution >= 0.6 is 0 Å². The maximum absolute atomic E-state index is 12.9. The molecule has 2 heterocycles. The third-order valence-corrected chi connectivity index (χ3v) is 6.25. The van der Waals surface area contributed by atoms with Gasteiger partial charge in [-0.25, -0.2) is 4.79 Å².